The van der Waals surface area contributed by atoms with E-state index in [1.165, 1.54) is 21.8 Å². The van der Waals surface area contributed by atoms with Crippen LogP contribution in [-0.4, -0.2) is 14.5 Å². The van der Waals surface area contributed by atoms with Crippen LogP contribution in [0.5, 0.6) is 0 Å². The molecule has 9 aromatic rings. The van der Waals surface area contributed by atoms with E-state index < -0.39 is 0 Å². The second-order valence-corrected chi connectivity index (χ2v) is 12.4. The summed E-state index contributed by atoms with van der Waals surface area (Å²) in [5.74, 6) is 0.617. The van der Waals surface area contributed by atoms with Crippen molar-refractivity contribution >= 4 is 53.4 Å². The van der Waals surface area contributed by atoms with Crippen molar-refractivity contribution in [1.82, 2.24) is 14.5 Å². The van der Waals surface area contributed by atoms with E-state index in [0.29, 0.717) is 11.4 Å². The van der Waals surface area contributed by atoms with Crippen molar-refractivity contribution in [3.05, 3.63) is 151 Å². The first-order valence-corrected chi connectivity index (χ1v) is 16.0. The first-order chi connectivity index (χ1) is 22.7. The van der Waals surface area contributed by atoms with E-state index in [1.54, 1.807) is 17.4 Å². The molecule has 0 N–H and O–H groups in total. The molecule has 46 heavy (non-hydrogen) atoms. The summed E-state index contributed by atoms with van der Waals surface area (Å²) in [5.41, 5.74) is 10.1. The number of para-hydroxylation sites is 2. The monoisotopic (exact) mass is 604 g/mol. The van der Waals surface area contributed by atoms with Gasteiger partial charge < -0.3 is 4.57 Å². The number of hydrogen-bond donors (Lipinski definition) is 0. The summed E-state index contributed by atoms with van der Waals surface area (Å²) >= 11 is 1.73. The Hall–Kier alpha value is -6.09. The first kappa shape index (κ1) is 26.3. The van der Waals surface area contributed by atoms with E-state index in [1.807, 2.05) is 36.4 Å². The number of rotatable bonds is 4. The summed E-state index contributed by atoms with van der Waals surface area (Å²) < 4.78 is 4.57. The van der Waals surface area contributed by atoms with Crippen molar-refractivity contribution in [1.29, 1.82) is 5.26 Å². The van der Waals surface area contributed by atoms with E-state index in [4.69, 9.17) is 9.97 Å². The average molecular weight is 605 g/mol. The smallest absolute Gasteiger partial charge is 0.160 e. The number of aromatic nitrogens is 3. The highest BCUT2D eigenvalue weighted by Crippen LogP contribution is 2.41. The van der Waals surface area contributed by atoms with E-state index >= 15 is 0 Å². The minimum absolute atomic E-state index is 0.588. The van der Waals surface area contributed by atoms with Gasteiger partial charge in [-0.05, 0) is 53.6 Å². The molecule has 0 saturated heterocycles. The zero-order valence-corrected chi connectivity index (χ0v) is 25.4. The van der Waals surface area contributed by atoms with Crippen LogP contribution in [-0.2, 0) is 0 Å². The number of thiophene rings is 1. The molecular formula is C41H24N4S. The Morgan fingerprint density at radius 3 is 2.00 bits per heavy atom. The normalized spacial score (nSPS) is 11.5. The third-order valence-electron chi connectivity index (χ3n) is 8.63. The summed E-state index contributed by atoms with van der Waals surface area (Å²) in [6, 6.07) is 52.7. The minimum atomic E-state index is 0.588. The fourth-order valence-electron chi connectivity index (χ4n) is 6.50. The lowest BCUT2D eigenvalue weighted by Crippen LogP contribution is -1.94. The lowest BCUT2D eigenvalue weighted by atomic mass is 10.0. The van der Waals surface area contributed by atoms with Gasteiger partial charge in [-0.2, -0.15) is 5.26 Å². The van der Waals surface area contributed by atoms with Crippen LogP contribution in [0.15, 0.2) is 146 Å². The van der Waals surface area contributed by atoms with Crippen LogP contribution in [0.25, 0.3) is 81.6 Å². The molecule has 0 aliphatic rings. The number of fused-ring (bicyclic) bond motifs is 6. The maximum atomic E-state index is 9.52. The highest BCUT2D eigenvalue weighted by atomic mass is 32.1. The van der Waals surface area contributed by atoms with E-state index in [9.17, 15) is 5.26 Å². The maximum Gasteiger partial charge on any atom is 0.160 e. The lowest BCUT2D eigenvalue weighted by Gasteiger charge is -2.10. The number of nitriles is 1. The molecule has 5 heteroatoms. The molecule has 0 amide bonds. The molecule has 3 aromatic heterocycles. The molecule has 0 bridgehead atoms. The Morgan fingerprint density at radius 1 is 0.543 bits per heavy atom. The Morgan fingerprint density at radius 2 is 1.22 bits per heavy atom. The Labute approximate surface area is 269 Å². The number of hydrogen-bond acceptors (Lipinski definition) is 4. The van der Waals surface area contributed by atoms with E-state index in [2.05, 4.69) is 114 Å². The zero-order valence-electron chi connectivity index (χ0n) is 24.6. The fourth-order valence-corrected chi connectivity index (χ4v) is 7.69. The molecule has 4 nitrogen and oxygen atoms in total. The summed E-state index contributed by atoms with van der Waals surface area (Å²) in [6.45, 7) is 0. The van der Waals surface area contributed by atoms with Gasteiger partial charge in [0.15, 0.2) is 5.82 Å². The van der Waals surface area contributed by atoms with Gasteiger partial charge in [-0.25, -0.2) is 9.97 Å². The predicted octanol–water partition coefficient (Wildman–Crippen LogP) is 10.8. The molecule has 6 aromatic carbocycles. The van der Waals surface area contributed by atoms with Crippen LogP contribution in [0.3, 0.4) is 0 Å². The SMILES string of the molecule is N#Cc1cccc(-c2nc(-c3ccccc3)c3sc4cc(-c5cccc(-n6c7ccccc7c7ccccc76)c5)ccc4c3n2)c1. The quantitative estimate of drug-likeness (QED) is 0.201. The van der Waals surface area contributed by atoms with Gasteiger partial charge in [0.2, 0.25) is 0 Å². The predicted molar refractivity (Wildman–Crippen MR) is 190 cm³/mol. The summed E-state index contributed by atoms with van der Waals surface area (Å²) in [5, 5.41) is 13.1. The first-order valence-electron chi connectivity index (χ1n) is 15.1. The highest BCUT2D eigenvalue weighted by molar-refractivity contribution is 7.26. The average Bonchev–Trinajstić information content (AvgIpc) is 3.67. The molecule has 0 spiro atoms. The second-order valence-electron chi connectivity index (χ2n) is 11.4. The third-order valence-corrected chi connectivity index (χ3v) is 9.78. The van der Waals surface area contributed by atoms with Crippen molar-refractivity contribution in [3.63, 3.8) is 0 Å². The van der Waals surface area contributed by atoms with Crippen LogP contribution in [0.1, 0.15) is 5.56 Å². The van der Waals surface area contributed by atoms with Crippen molar-refractivity contribution in [2.24, 2.45) is 0 Å². The largest absolute Gasteiger partial charge is 0.309 e. The summed E-state index contributed by atoms with van der Waals surface area (Å²) in [6.07, 6.45) is 0. The molecule has 0 aliphatic heterocycles. The Bertz CT molecular complexity index is 2610. The topological polar surface area (TPSA) is 54.5 Å². The standard InChI is InChI=1S/C41H24N4S/c42-25-26-10-8-14-30(22-26)41-43-38(27-11-2-1-3-12-27)40-39(44-41)34-21-20-29(24-37(34)46-40)28-13-9-15-31(23-28)45-35-18-6-4-16-32(35)33-17-5-7-19-36(33)45/h1-24H. The lowest BCUT2D eigenvalue weighted by molar-refractivity contribution is 1.18. The number of benzene rings is 6. The molecule has 0 radical (unpaired) electrons. The molecule has 3 heterocycles. The van der Waals surface area contributed by atoms with Crippen LogP contribution in [0.2, 0.25) is 0 Å². The molecule has 0 atom stereocenters. The number of nitrogens with zero attached hydrogens (tertiary/aromatic N) is 4. The van der Waals surface area contributed by atoms with Gasteiger partial charge in [-0.15, -0.1) is 11.3 Å². The van der Waals surface area contributed by atoms with Gasteiger partial charge in [0.05, 0.1) is 38.6 Å². The molecule has 9 rings (SSSR count). The Balaban J connectivity index is 1.22. The van der Waals surface area contributed by atoms with Crippen LogP contribution in [0.4, 0.5) is 0 Å². The van der Waals surface area contributed by atoms with Gasteiger partial charge in [0.25, 0.3) is 0 Å². The zero-order chi connectivity index (χ0) is 30.6. The molecule has 214 valence electrons. The van der Waals surface area contributed by atoms with Gasteiger partial charge in [0.1, 0.15) is 0 Å². The highest BCUT2D eigenvalue weighted by Gasteiger charge is 2.18. The minimum Gasteiger partial charge on any atom is -0.309 e. The van der Waals surface area contributed by atoms with Crippen molar-refractivity contribution in [2.75, 3.05) is 0 Å². The Kier molecular flexibility index (Phi) is 6.02. The second kappa shape index (κ2) is 10.5. The van der Waals surface area contributed by atoms with E-state index in [0.717, 1.165) is 53.9 Å². The van der Waals surface area contributed by atoms with Gasteiger partial charge in [-0.1, -0.05) is 103 Å². The van der Waals surface area contributed by atoms with Gasteiger partial charge in [-0.3, -0.25) is 0 Å². The van der Waals surface area contributed by atoms with Crippen LogP contribution in [0, 0.1) is 11.3 Å². The van der Waals surface area contributed by atoms with Gasteiger partial charge in [0, 0.05) is 37.7 Å². The third kappa shape index (κ3) is 4.20. The van der Waals surface area contributed by atoms with E-state index in [-0.39, 0.29) is 0 Å². The fraction of sp³-hybridized carbons (Fsp3) is 0. The summed E-state index contributed by atoms with van der Waals surface area (Å²) in [4.78, 5) is 10.2. The van der Waals surface area contributed by atoms with Crippen molar-refractivity contribution in [3.8, 4) is 45.5 Å². The molecule has 0 unspecified atom stereocenters. The van der Waals surface area contributed by atoms with Crippen LogP contribution >= 0.6 is 11.3 Å². The van der Waals surface area contributed by atoms with Crippen LogP contribution < -0.4 is 0 Å². The molecule has 0 aliphatic carbocycles. The summed E-state index contributed by atoms with van der Waals surface area (Å²) in [7, 11) is 0. The molecular weight excluding hydrogens is 581 g/mol. The van der Waals surface area contributed by atoms with Crippen molar-refractivity contribution in [2.45, 2.75) is 0 Å². The maximum absolute atomic E-state index is 9.52. The van der Waals surface area contributed by atoms with Crippen molar-refractivity contribution < 1.29 is 0 Å². The molecule has 0 fully saturated rings. The molecule has 0 saturated carbocycles. The van der Waals surface area contributed by atoms with Gasteiger partial charge >= 0.3 is 0 Å².